The lowest BCUT2D eigenvalue weighted by molar-refractivity contribution is -0.125. The molecule has 2 atom stereocenters. The van der Waals surface area contributed by atoms with Gasteiger partial charge >= 0.3 is 6.01 Å². The molecule has 0 fully saturated rings. The molecule has 0 radical (unpaired) electrons. The number of carbonyl (C=O) groups is 2. The van der Waals surface area contributed by atoms with Crippen LogP contribution in [0.25, 0.3) is 0 Å². The molecule has 0 aliphatic carbocycles. The standard InChI is InChI=1S/C27H30N6O5/c1-6-14(2)21-23(34)30-20-24(37-19-13-16(22(28)29)11-10-15(19)3)31-27(32-25(20)38-21)36-18-9-7-8-17(12-18)26(35)33(4)5/h7-14,21H,6H2,1-5H3,(H3,28,29)(H,30,34). The van der Waals surface area contributed by atoms with E-state index in [1.807, 2.05) is 20.8 Å². The van der Waals surface area contributed by atoms with E-state index in [9.17, 15) is 9.59 Å². The first-order chi connectivity index (χ1) is 18.1. The Labute approximate surface area is 220 Å². The molecule has 3 aromatic rings. The van der Waals surface area contributed by atoms with E-state index >= 15 is 0 Å². The van der Waals surface area contributed by atoms with Gasteiger partial charge in [-0.15, -0.1) is 0 Å². The van der Waals surface area contributed by atoms with Crippen LogP contribution < -0.4 is 25.3 Å². The van der Waals surface area contributed by atoms with Crippen LogP contribution in [-0.2, 0) is 4.79 Å². The van der Waals surface area contributed by atoms with Crippen molar-refractivity contribution < 1.29 is 23.8 Å². The third-order valence-corrected chi connectivity index (χ3v) is 6.13. The normalized spacial score (nSPS) is 15.0. The molecule has 0 bridgehead atoms. The number of amidine groups is 1. The Hall–Kier alpha value is -4.67. The number of nitrogens with zero attached hydrogens (tertiary/aromatic N) is 3. The van der Waals surface area contributed by atoms with Crippen molar-refractivity contribution in [1.29, 1.82) is 5.41 Å². The highest BCUT2D eigenvalue weighted by molar-refractivity contribution is 5.99. The maximum Gasteiger partial charge on any atom is 0.328 e. The van der Waals surface area contributed by atoms with Gasteiger partial charge < -0.3 is 30.2 Å². The highest BCUT2D eigenvalue weighted by atomic mass is 16.5. The number of carbonyl (C=O) groups excluding carboxylic acids is 2. The molecule has 38 heavy (non-hydrogen) atoms. The van der Waals surface area contributed by atoms with Crippen LogP contribution in [-0.4, -0.2) is 52.7 Å². The summed E-state index contributed by atoms with van der Waals surface area (Å²) in [6.45, 7) is 5.70. The summed E-state index contributed by atoms with van der Waals surface area (Å²) >= 11 is 0. The first-order valence-electron chi connectivity index (χ1n) is 12.1. The van der Waals surface area contributed by atoms with Gasteiger partial charge in [0, 0.05) is 31.1 Å². The molecular formula is C27H30N6O5. The van der Waals surface area contributed by atoms with Gasteiger partial charge in [0.15, 0.2) is 11.8 Å². The molecule has 4 N–H and O–H groups in total. The highest BCUT2D eigenvalue weighted by Gasteiger charge is 2.36. The van der Waals surface area contributed by atoms with Crippen LogP contribution in [0, 0.1) is 18.3 Å². The quantitative estimate of drug-likeness (QED) is 0.298. The number of hydrogen-bond acceptors (Lipinski definition) is 8. The van der Waals surface area contributed by atoms with Crippen LogP contribution in [0.3, 0.4) is 0 Å². The number of fused-ring (bicyclic) bond motifs is 1. The molecule has 11 heteroatoms. The van der Waals surface area contributed by atoms with E-state index in [1.54, 1.807) is 56.6 Å². The fourth-order valence-corrected chi connectivity index (χ4v) is 3.71. The van der Waals surface area contributed by atoms with Crippen molar-refractivity contribution in [1.82, 2.24) is 14.9 Å². The number of benzene rings is 2. The number of rotatable bonds is 8. The van der Waals surface area contributed by atoms with Crippen molar-refractivity contribution in [2.45, 2.75) is 33.3 Å². The summed E-state index contributed by atoms with van der Waals surface area (Å²) in [6.07, 6.45) is -0.0403. The molecule has 11 nitrogen and oxygen atoms in total. The first-order valence-corrected chi connectivity index (χ1v) is 12.1. The number of hydrogen-bond donors (Lipinski definition) is 3. The van der Waals surface area contributed by atoms with E-state index < -0.39 is 6.10 Å². The van der Waals surface area contributed by atoms with Gasteiger partial charge in [-0.3, -0.25) is 15.0 Å². The number of nitrogens with one attached hydrogen (secondary N) is 2. The minimum atomic E-state index is -0.757. The van der Waals surface area contributed by atoms with Gasteiger partial charge in [-0.05, 0) is 43.2 Å². The third kappa shape index (κ3) is 5.51. The molecule has 2 amide bonds. The summed E-state index contributed by atoms with van der Waals surface area (Å²) in [5, 5.41) is 10.6. The van der Waals surface area contributed by atoms with Gasteiger partial charge in [-0.1, -0.05) is 32.0 Å². The van der Waals surface area contributed by atoms with Crippen molar-refractivity contribution in [3.63, 3.8) is 0 Å². The molecule has 1 aliphatic rings. The fourth-order valence-electron chi connectivity index (χ4n) is 3.71. The molecule has 0 saturated carbocycles. The van der Waals surface area contributed by atoms with Gasteiger partial charge in [-0.25, -0.2) is 0 Å². The number of aryl methyl sites for hydroxylation is 1. The number of amides is 2. The van der Waals surface area contributed by atoms with Gasteiger partial charge in [0.2, 0.25) is 5.88 Å². The maximum atomic E-state index is 12.8. The second-order valence-corrected chi connectivity index (χ2v) is 9.23. The second-order valence-electron chi connectivity index (χ2n) is 9.23. The molecule has 198 valence electrons. The monoisotopic (exact) mass is 518 g/mol. The Morgan fingerprint density at radius 2 is 1.95 bits per heavy atom. The van der Waals surface area contributed by atoms with Gasteiger partial charge in [0.1, 0.15) is 17.3 Å². The number of anilines is 1. The molecular weight excluding hydrogens is 488 g/mol. The average molecular weight is 519 g/mol. The van der Waals surface area contributed by atoms with Crippen molar-refractivity contribution in [3.8, 4) is 29.3 Å². The Balaban J connectivity index is 1.76. The Morgan fingerprint density at radius 3 is 2.63 bits per heavy atom. The van der Waals surface area contributed by atoms with Crippen molar-refractivity contribution in [3.05, 3.63) is 59.2 Å². The molecule has 1 aromatic heterocycles. The minimum Gasteiger partial charge on any atom is -0.462 e. The van der Waals surface area contributed by atoms with E-state index in [1.165, 1.54) is 4.90 Å². The van der Waals surface area contributed by atoms with Crippen LogP contribution in [0.2, 0.25) is 0 Å². The van der Waals surface area contributed by atoms with Crippen LogP contribution in [0.5, 0.6) is 29.3 Å². The summed E-state index contributed by atoms with van der Waals surface area (Å²) in [6, 6.07) is 11.6. The predicted molar refractivity (Wildman–Crippen MR) is 141 cm³/mol. The van der Waals surface area contributed by atoms with Crippen LogP contribution in [0.1, 0.15) is 41.8 Å². The van der Waals surface area contributed by atoms with Crippen molar-refractivity contribution in [2.24, 2.45) is 11.7 Å². The summed E-state index contributed by atoms with van der Waals surface area (Å²) in [5.74, 6) is 0.0743. The zero-order valence-corrected chi connectivity index (χ0v) is 21.9. The highest BCUT2D eigenvalue weighted by Crippen LogP contribution is 2.41. The van der Waals surface area contributed by atoms with Gasteiger partial charge in [0.05, 0.1) is 0 Å². The zero-order valence-electron chi connectivity index (χ0n) is 21.9. The molecule has 2 aromatic carbocycles. The van der Waals surface area contributed by atoms with E-state index in [-0.39, 0.29) is 47.0 Å². The van der Waals surface area contributed by atoms with E-state index in [0.29, 0.717) is 22.6 Å². The Bertz CT molecular complexity index is 1410. The zero-order chi connectivity index (χ0) is 27.6. The molecule has 0 saturated heterocycles. The van der Waals surface area contributed by atoms with Crippen molar-refractivity contribution in [2.75, 3.05) is 19.4 Å². The van der Waals surface area contributed by atoms with Gasteiger partial charge in [0.25, 0.3) is 17.7 Å². The minimum absolute atomic E-state index is 0.00900. The van der Waals surface area contributed by atoms with Crippen LogP contribution >= 0.6 is 0 Å². The largest absolute Gasteiger partial charge is 0.462 e. The smallest absolute Gasteiger partial charge is 0.328 e. The lowest BCUT2D eigenvalue weighted by Gasteiger charge is -2.29. The average Bonchev–Trinajstić information content (AvgIpc) is 2.89. The topological polar surface area (TPSA) is 153 Å². The second kappa shape index (κ2) is 10.8. The summed E-state index contributed by atoms with van der Waals surface area (Å²) in [5.41, 5.74) is 7.45. The van der Waals surface area contributed by atoms with E-state index in [2.05, 4.69) is 15.3 Å². The fraction of sp³-hybridized carbons (Fsp3) is 0.296. The molecule has 0 spiro atoms. The molecule has 1 aliphatic heterocycles. The molecule has 2 heterocycles. The lowest BCUT2D eigenvalue weighted by Crippen LogP contribution is -2.41. The van der Waals surface area contributed by atoms with E-state index in [0.717, 1.165) is 12.0 Å². The first kappa shape index (κ1) is 26.4. The number of aromatic nitrogens is 2. The third-order valence-electron chi connectivity index (χ3n) is 6.13. The lowest BCUT2D eigenvalue weighted by atomic mass is 10.0. The molecule has 4 rings (SSSR count). The van der Waals surface area contributed by atoms with Crippen molar-refractivity contribution >= 4 is 23.3 Å². The number of nitrogen functional groups attached to an aromatic ring is 1. The molecule has 2 unspecified atom stereocenters. The van der Waals surface area contributed by atoms with E-state index in [4.69, 9.17) is 25.4 Å². The Kier molecular flexibility index (Phi) is 7.47. The van der Waals surface area contributed by atoms with Crippen LogP contribution in [0.4, 0.5) is 5.69 Å². The number of nitrogens with two attached hydrogens (primary N) is 1. The summed E-state index contributed by atoms with van der Waals surface area (Å²) in [7, 11) is 3.32. The van der Waals surface area contributed by atoms with Gasteiger partial charge in [-0.2, -0.15) is 9.97 Å². The summed E-state index contributed by atoms with van der Waals surface area (Å²) < 4.78 is 18.0. The summed E-state index contributed by atoms with van der Waals surface area (Å²) in [4.78, 5) is 35.5. The Morgan fingerprint density at radius 1 is 1.18 bits per heavy atom. The maximum absolute atomic E-state index is 12.8. The predicted octanol–water partition coefficient (Wildman–Crippen LogP) is 4.10. The SMILES string of the molecule is CCC(C)C1Oc2nc(Oc3cccc(C(=O)N(C)C)c3)nc(Oc3cc(C(=N)N)ccc3C)c2NC1=O. The number of ether oxygens (including phenoxy) is 3. The van der Waals surface area contributed by atoms with Crippen LogP contribution in [0.15, 0.2) is 42.5 Å².